The van der Waals surface area contributed by atoms with Crippen molar-refractivity contribution in [2.24, 2.45) is 0 Å². The summed E-state index contributed by atoms with van der Waals surface area (Å²) in [6, 6.07) is 23.4. The minimum atomic E-state index is -0.339. The van der Waals surface area contributed by atoms with Gasteiger partial charge in [0.1, 0.15) is 17.2 Å². The van der Waals surface area contributed by atoms with E-state index in [9.17, 15) is 4.79 Å². The van der Waals surface area contributed by atoms with Crippen molar-refractivity contribution in [2.75, 3.05) is 5.32 Å². The van der Waals surface area contributed by atoms with Crippen LogP contribution in [0.15, 0.2) is 77.2 Å². The maximum atomic E-state index is 12.4. The quantitative estimate of drug-likeness (QED) is 0.552. The molecular weight excluding hydrogens is 324 g/mol. The lowest BCUT2D eigenvalue weighted by Crippen LogP contribution is -2.37. The Labute approximate surface area is 151 Å². The minimum Gasteiger partial charge on any atom is -0.456 e. The van der Waals surface area contributed by atoms with E-state index in [4.69, 9.17) is 4.42 Å². The molecule has 1 atom stereocenters. The molecule has 0 bridgehead atoms. The Bertz CT molecular complexity index is 1050. The number of hydrogen-bond acceptors (Lipinski definition) is 3. The molecule has 0 spiro atoms. The summed E-state index contributed by atoms with van der Waals surface area (Å²) in [7, 11) is 0. The van der Waals surface area contributed by atoms with Gasteiger partial charge in [0, 0.05) is 23.0 Å². The standard InChI is InChI=1S/C22H20N2O2/c1-15(22(25)23-14-16-7-3-2-4-8-16)24-17-11-12-21-19(13-17)18-9-5-6-10-20(18)26-21/h2-13,15,24H,14H2,1H3,(H,23,25)/t15-/m1/s1. The summed E-state index contributed by atoms with van der Waals surface area (Å²) in [5.41, 5.74) is 3.69. The molecule has 0 aliphatic carbocycles. The molecule has 0 aliphatic heterocycles. The number of anilines is 1. The maximum Gasteiger partial charge on any atom is 0.242 e. The van der Waals surface area contributed by atoms with Crippen molar-refractivity contribution in [3.63, 3.8) is 0 Å². The van der Waals surface area contributed by atoms with E-state index in [1.165, 1.54) is 0 Å². The molecule has 0 saturated heterocycles. The molecule has 0 saturated carbocycles. The first-order valence-electron chi connectivity index (χ1n) is 8.70. The van der Waals surface area contributed by atoms with Crippen LogP contribution in [-0.2, 0) is 11.3 Å². The number of rotatable bonds is 5. The monoisotopic (exact) mass is 344 g/mol. The van der Waals surface area contributed by atoms with E-state index in [2.05, 4.69) is 10.6 Å². The van der Waals surface area contributed by atoms with Crippen molar-refractivity contribution in [3.05, 3.63) is 78.4 Å². The highest BCUT2D eigenvalue weighted by atomic mass is 16.3. The average Bonchev–Trinajstić information content (AvgIpc) is 3.05. The summed E-state index contributed by atoms with van der Waals surface area (Å²) < 4.78 is 5.84. The number of hydrogen-bond donors (Lipinski definition) is 2. The Balaban J connectivity index is 1.47. The summed E-state index contributed by atoms with van der Waals surface area (Å²) in [6.07, 6.45) is 0. The molecule has 130 valence electrons. The normalized spacial score (nSPS) is 12.2. The Morgan fingerprint density at radius 1 is 0.923 bits per heavy atom. The molecule has 3 aromatic carbocycles. The van der Waals surface area contributed by atoms with E-state index in [1.54, 1.807) is 0 Å². The van der Waals surface area contributed by atoms with Crippen LogP contribution in [0.25, 0.3) is 21.9 Å². The van der Waals surface area contributed by atoms with E-state index in [1.807, 2.05) is 79.7 Å². The zero-order valence-corrected chi connectivity index (χ0v) is 14.5. The maximum absolute atomic E-state index is 12.4. The smallest absolute Gasteiger partial charge is 0.242 e. The van der Waals surface area contributed by atoms with E-state index in [-0.39, 0.29) is 11.9 Å². The Kier molecular flexibility index (Phi) is 4.32. The van der Waals surface area contributed by atoms with Gasteiger partial charge in [0.05, 0.1) is 0 Å². The lowest BCUT2D eigenvalue weighted by molar-refractivity contribution is -0.121. The highest BCUT2D eigenvalue weighted by Crippen LogP contribution is 2.30. The first-order valence-corrected chi connectivity index (χ1v) is 8.70. The first kappa shape index (κ1) is 16.2. The van der Waals surface area contributed by atoms with Gasteiger partial charge in [-0.25, -0.2) is 0 Å². The van der Waals surface area contributed by atoms with Gasteiger partial charge in [-0.15, -0.1) is 0 Å². The number of nitrogens with one attached hydrogen (secondary N) is 2. The molecule has 4 rings (SSSR count). The van der Waals surface area contributed by atoms with Crippen LogP contribution in [0, 0.1) is 0 Å². The van der Waals surface area contributed by atoms with Crippen molar-refractivity contribution in [1.82, 2.24) is 5.32 Å². The fraction of sp³-hybridized carbons (Fsp3) is 0.136. The van der Waals surface area contributed by atoms with Crippen LogP contribution < -0.4 is 10.6 Å². The van der Waals surface area contributed by atoms with Gasteiger partial charge >= 0.3 is 0 Å². The molecule has 0 aliphatic rings. The van der Waals surface area contributed by atoms with Crippen LogP contribution in [0.3, 0.4) is 0 Å². The van der Waals surface area contributed by atoms with Crippen LogP contribution in [0.5, 0.6) is 0 Å². The highest BCUT2D eigenvalue weighted by Gasteiger charge is 2.13. The molecular formula is C22H20N2O2. The molecule has 0 unspecified atom stereocenters. The fourth-order valence-electron chi connectivity index (χ4n) is 3.07. The number of carbonyl (C=O) groups excluding carboxylic acids is 1. The lowest BCUT2D eigenvalue weighted by atomic mass is 10.1. The van der Waals surface area contributed by atoms with E-state index < -0.39 is 0 Å². The zero-order chi connectivity index (χ0) is 17.9. The van der Waals surface area contributed by atoms with Crippen molar-refractivity contribution in [3.8, 4) is 0 Å². The summed E-state index contributed by atoms with van der Waals surface area (Å²) in [5, 5.41) is 8.35. The molecule has 4 nitrogen and oxygen atoms in total. The number of furan rings is 1. The second-order valence-electron chi connectivity index (χ2n) is 6.38. The zero-order valence-electron chi connectivity index (χ0n) is 14.5. The van der Waals surface area contributed by atoms with Crippen molar-refractivity contribution in [2.45, 2.75) is 19.5 Å². The molecule has 4 aromatic rings. The van der Waals surface area contributed by atoms with Gasteiger partial charge in [-0.05, 0) is 36.8 Å². The van der Waals surface area contributed by atoms with E-state index >= 15 is 0 Å². The molecule has 0 fully saturated rings. The van der Waals surface area contributed by atoms with E-state index in [0.717, 1.165) is 33.2 Å². The third-order valence-corrected chi connectivity index (χ3v) is 4.46. The number of amides is 1. The molecule has 1 amide bonds. The largest absolute Gasteiger partial charge is 0.456 e. The van der Waals surface area contributed by atoms with Crippen molar-refractivity contribution < 1.29 is 9.21 Å². The fourth-order valence-corrected chi connectivity index (χ4v) is 3.07. The summed E-state index contributed by atoms with van der Waals surface area (Å²) >= 11 is 0. The highest BCUT2D eigenvalue weighted by molar-refractivity contribution is 6.06. The third-order valence-electron chi connectivity index (χ3n) is 4.46. The molecule has 2 N–H and O–H groups in total. The Morgan fingerprint density at radius 3 is 2.50 bits per heavy atom. The van der Waals surface area contributed by atoms with Crippen molar-refractivity contribution >= 4 is 33.5 Å². The minimum absolute atomic E-state index is 0.0361. The van der Waals surface area contributed by atoms with Gasteiger partial charge in [0.2, 0.25) is 5.91 Å². The summed E-state index contributed by atoms with van der Waals surface area (Å²) in [4.78, 5) is 12.4. The van der Waals surface area contributed by atoms with E-state index in [0.29, 0.717) is 6.54 Å². The molecule has 4 heteroatoms. The van der Waals surface area contributed by atoms with Crippen LogP contribution in [-0.4, -0.2) is 11.9 Å². The second-order valence-corrected chi connectivity index (χ2v) is 6.38. The summed E-state index contributed by atoms with van der Waals surface area (Å²) in [6.45, 7) is 2.38. The third kappa shape index (κ3) is 3.26. The molecule has 26 heavy (non-hydrogen) atoms. The van der Waals surface area contributed by atoms with Gasteiger partial charge < -0.3 is 15.1 Å². The average molecular weight is 344 g/mol. The molecule has 1 aromatic heterocycles. The molecule has 1 heterocycles. The van der Waals surface area contributed by atoms with Gasteiger partial charge in [0.15, 0.2) is 0 Å². The Hall–Kier alpha value is -3.27. The summed E-state index contributed by atoms with van der Waals surface area (Å²) in [5.74, 6) is -0.0361. The number of benzene rings is 3. The molecule has 0 radical (unpaired) electrons. The van der Waals surface area contributed by atoms with Gasteiger partial charge in [0.25, 0.3) is 0 Å². The van der Waals surface area contributed by atoms with Gasteiger partial charge in [-0.2, -0.15) is 0 Å². The number of fused-ring (bicyclic) bond motifs is 3. The van der Waals surface area contributed by atoms with Gasteiger partial charge in [-0.3, -0.25) is 4.79 Å². The Morgan fingerprint density at radius 2 is 1.65 bits per heavy atom. The van der Waals surface area contributed by atoms with Crippen molar-refractivity contribution in [1.29, 1.82) is 0 Å². The van der Waals surface area contributed by atoms with Gasteiger partial charge in [-0.1, -0.05) is 48.5 Å². The van der Waals surface area contributed by atoms with Crippen LogP contribution in [0.4, 0.5) is 5.69 Å². The second kappa shape index (κ2) is 6.92. The lowest BCUT2D eigenvalue weighted by Gasteiger charge is -2.15. The van der Waals surface area contributed by atoms with Crippen LogP contribution in [0.2, 0.25) is 0 Å². The topological polar surface area (TPSA) is 54.3 Å². The number of carbonyl (C=O) groups is 1. The predicted octanol–water partition coefficient (Wildman–Crippen LogP) is 4.70. The van der Waals surface area contributed by atoms with Crippen LogP contribution >= 0.6 is 0 Å². The predicted molar refractivity (Wildman–Crippen MR) is 105 cm³/mol. The SMILES string of the molecule is C[C@@H](Nc1ccc2oc3ccccc3c2c1)C(=O)NCc1ccccc1. The first-order chi connectivity index (χ1) is 12.7. The number of para-hydroxylation sites is 1. The van der Waals surface area contributed by atoms with Crippen LogP contribution in [0.1, 0.15) is 12.5 Å².